The van der Waals surface area contributed by atoms with Crippen molar-refractivity contribution in [3.05, 3.63) is 24.2 Å². The highest BCUT2D eigenvalue weighted by Crippen LogP contribution is 2.42. The summed E-state index contributed by atoms with van der Waals surface area (Å²) in [4.78, 5) is 0. The minimum Gasteiger partial charge on any atom is -0.468 e. The molecule has 1 heterocycles. The Labute approximate surface area is 105 Å². The highest BCUT2D eigenvalue weighted by Gasteiger charge is 2.32. The monoisotopic (exact) mass is 235 g/mol. The predicted octanol–water partition coefficient (Wildman–Crippen LogP) is 4.15. The summed E-state index contributed by atoms with van der Waals surface area (Å²) >= 11 is 0. The third-order valence-electron chi connectivity index (χ3n) is 4.13. The van der Waals surface area contributed by atoms with Crippen LogP contribution in [0.2, 0.25) is 0 Å². The molecule has 2 heteroatoms. The fraction of sp³-hybridized carbons (Fsp3) is 0.733. The Balaban J connectivity index is 2.03. The molecule has 0 aromatic carbocycles. The molecule has 1 aromatic rings. The first-order valence-corrected chi connectivity index (χ1v) is 6.89. The van der Waals surface area contributed by atoms with Crippen molar-refractivity contribution in [1.29, 1.82) is 0 Å². The minimum atomic E-state index is 0.408. The van der Waals surface area contributed by atoms with E-state index in [0.29, 0.717) is 11.5 Å². The van der Waals surface area contributed by atoms with Crippen LogP contribution in [-0.2, 0) is 0 Å². The van der Waals surface area contributed by atoms with Gasteiger partial charge in [0.25, 0.3) is 0 Å². The normalized spacial score (nSPS) is 22.5. The van der Waals surface area contributed by atoms with Crippen LogP contribution in [0.1, 0.15) is 58.3 Å². The summed E-state index contributed by atoms with van der Waals surface area (Å²) in [6.07, 6.45) is 7.07. The van der Waals surface area contributed by atoms with Gasteiger partial charge >= 0.3 is 0 Å². The van der Waals surface area contributed by atoms with Crippen molar-refractivity contribution < 1.29 is 4.42 Å². The molecule has 1 aliphatic rings. The number of hydrogen-bond donors (Lipinski definition) is 1. The van der Waals surface area contributed by atoms with Crippen LogP contribution in [-0.4, -0.2) is 6.54 Å². The Bertz CT molecular complexity index is 319. The lowest BCUT2D eigenvalue weighted by molar-refractivity contribution is 0.153. The van der Waals surface area contributed by atoms with Crippen molar-refractivity contribution in [3.63, 3.8) is 0 Å². The van der Waals surface area contributed by atoms with E-state index in [1.165, 1.54) is 25.7 Å². The van der Waals surface area contributed by atoms with Gasteiger partial charge in [-0.25, -0.2) is 0 Å². The molecular weight excluding hydrogens is 210 g/mol. The highest BCUT2D eigenvalue weighted by atomic mass is 16.3. The summed E-state index contributed by atoms with van der Waals surface area (Å²) < 4.78 is 5.59. The molecule has 2 nitrogen and oxygen atoms in total. The molecule has 2 rings (SSSR count). The first-order chi connectivity index (χ1) is 8.12. The molecule has 1 saturated carbocycles. The van der Waals surface area contributed by atoms with E-state index in [1.807, 2.05) is 6.07 Å². The predicted molar refractivity (Wildman–Crippen MR) is 70.9 cm³/mol. The maximum absolute atomic E-state index is 5.59. The van der Waals surface area contributed by atoms with E-state index in [9.17, 15) is 0 Å². The van der Waals surface area contributed by atoms with Crippen molar-refractivity contribution >= 4 is 0 Å². The van der Waals surface area contributed by atoms with Gasteiger partial charge in [0.15, 0.2) is 0 Å². The second-order valence-electron chi connectivity index (χ2n) is 6.05. The fourth-order valence-electron chi connectivity index (χ4n) is 2.94. The van der Waals surface area contributed by atoms with E-state index in [0.717, 1.165) is 18.2 Å². The van der Waals surface area contributed by atoms with Crippen LogP contribution in [0.4, 0.5) is 0 Å². The molecule has 1 fully saturated rings. The van der Waals surface area contributed by atoms with Gasteiger partial charge < -0.3 is 9.73 Å². The van der Waals surface area contributed by atoms with E-state index >= 15 is 0 Å². The van der Waals surface area contributed by atoms with E-state index < -0.39 is 0 Å². The lowest BCUT2D eigenvalue weighted by Gasteiger charge is -2.37. The zero-order chi connectivity index (χ0) is 12.3. The Kier molecular flexibility index (Phi) is 3.93. The Morgan fingerprint density at radius 2 is 2.12 bits per heavy atom. The minimum absolute atomic E-state index is 0.408. The topological polar surface area (TPSA) is 25.2 Å². The van der Waals surface area contributed by atoms with Gasteiger partial charge in [0.1, 0.15) is 5.76 Å². The van der Waals surface area contributed by atoms with Gasteiger partial charge in [-0.1, -0.05) is 20.8 Å². The molecular formula is C15H25NO. The van der Waals surface area contributed by atoms with Gasteiger partial charge in [0.05, 0.1) is 12.3 Å². The fourth-order valence-corrected chi connectivity index (χ4v) is 2.94. The molecule has 1 unspecified atom stereocenters. The van der Waals surface area contributed by atoms with Crippen LogP contribution in [0.3, 0.4) is 0 Å². The van der Waals surface area contributed by atoms with Gasteiger partial charge in [-0.2, -0.15) is 0 Å². The first-order valence-electron chi connectivity index (χ1n) is 6.89. The molecule has 0 spiro atoms. The van der Waals surface area contributed by atoms with Crippen LogP contribution in [0.15, 0.2) is 22.8 Å². The average Bonchev–Trinajstić information content (AvgIpc) is 2.80. The van der Waals surface area contributed by atoms with Crippen LogP contribution < -0.4 is 5.32 Å². The molecule has 1 aliphatic carbocycles. The van der Waals surface area contributed by atoms with Crippen LogP contribution >= 0.6 is 0 Å². The molecule has 0 saturated heterocycles. The van der Waals surface area contributed by atoms with Gasteiger partial charge in [-0.15, -0.1) is 0 Å². The summed E-state index contributed by atoms with van der Waals surface area (Å²) in [6.45, 7) is 7.95. The number of hydrogen-bond acceptors (Lipinski definition) is 2. The highest BCUT2D eigenvalue weighted by molar-refractivity contribution is 5.06. The summed E-state index contributed by atoms with van der Waals surface area (Å²) in [5.41, 5.74) is 0.538. The van der Waals surface area contributed by atoms with E-state index in [2.05, 4.69) is 32.2 Å². The molecule has 17 heavy (non-hydrogen) atoms. The van der Waals surface area contributed by atoms with Crippen molar-refractivity contribution in [1.82, 2.24) is 5.32 Å². The summed E-state index contributed by atoms with van der Waals surface area (Å²) in [6, 6.07) is 4.51. The summed E-state index contributed by atoms with van der Waals surface area (Å²) in [5.74, 6) is 1.84. The number of furan rings is 1. The lowest BCUT2D eigenvalue weighted by atomic mass is 9.71. The van der Waals surface area contributed by atoms with Gasteiger partial charge in [0, 0.05) is 0 Å². The van der Waals surface area contributed by atoms with Gasteiger partial charge in [0.2, 0.25) is 0 Å². The molecule has 1 N–H and O–H groups in total. The zero-order valence-corrected chi connectivity index (χ0v) is 11.3. The van der Waals surface area contributed by atoms with Crippen LogP contribution in [0.5, 0.6) is 0 Å². The van der Waals surface area contributed by atoms with Crippen molar-refractivity contribution in [2.75, 3.05) is 6.54 Å². The van der Waals surface area contributed by atoms with E-state index in [1.54, 1.807) is 6.26 Å². The molecule has 0 amide bonds. The van der Waals surface area contributed by atoms with Crippen molar-refractivity contribution in [2.45, 2.75) is 52.5 Å². The second kappa shape index (κ2) is 5.26. The van der Waals surface area contributed by atoms with Gasteiger partial charge in [-0.05, 0) is 55.7 Å². The Morgan fingerprint density at radius 1 is 1.41 bits per heavy atom. The smallest absolute Gasteiger partial charge is 0.120 e. The number of nitrogens with one attached hydrogen (secondary N) is 1. The SMILES string of the molecule is CCNC(c1ccco1)C1CCC(C)(C)CC1. The maximum atomic E-state index is 5.59. The summed E-state index contributed by atoms with van der Waals surface area (Å²) in [7, 11) is 0. The third-order valence-corrected chi connectivity index (χ3v) is 4.13. The standard InChI is InChI=1S/C15H25NO/c1-4-16-14(13-6-5-11-17-13)12-7-9-15(2,3)10-8-12/h5-6,11-12,14,16H,4,7-10H2,1-3H3. The van der Waals surface area contributed by atoms with Crippen molar-refractivity contribution in [2.24, 2.45) is 11.3 Å². The average molecular weight is 235 g/mol. The van der Waals surface area contributed by atoms with Crippen LogP contribution in [0, 0.1) is 11.3 Å². The zero-order valence-electron chi connectivity index (χ0n) is 11.3. The van der Waals surface area contributed by atoms with Gasteiger partial charge in [-0.3, -0.25) is 0 Å². The lowest BCUT2D eigenvalue weighted by Crippen LogP contribution is -2.32. The Morgan fingerprint density at radius 3 is 2.65 bits per heavy atom. The largest absolute Gasteiger partial charge is 0.468 e. The summed E-state index contributed by atoms with van der Waals surface area (Å²) in [5, 5.41) is 3.59. The van der Waals surface area contributed by atoms with Crippen molar-refractivity contribution in [3.8, 4) is 0 Å². The Hall–Kier alpha value is -0.760. The quantitative estimate of drug-likeness (QED) is 0.848. The van der Waals surface area contributed by atoms with E-state index in [4.69, 9.17) is 4.42 Å². The molecule has 0 aliphatic heterocycles. The molecule has 1 atom stereocenters. The van der Waals surface area contributed by atoms with Crippen LogP contribution in [0.25, 0.3) is 0 Å². The number of rotatable bonds is 4. The molecule has 0 radical (unpaired) electrons. The third kappa shape index (κ3) is 3.12. The maximum Gasteiger partial charge on any atom is 0.120 e. The first kappa shape index (κ1) is 12.7. The van der Waals surface area contributed by atoms with E-state index in [-0.39, 0.29) is 0 Å². The molecule has 1 aromatic heterocycles. The molecule has 0 bridgehead atoms. The second-order valence-corrected chi connectivity index (χ2v) is 6.05. The molecule has 96 valence electrons.